The summed E-state index contributed by atoms with van der Waals surface area (Å²) in [5.74, 6) is -5.07. The molecular formula is C9H11Na3O7. The van der Waals surface area contributed by atoms with E-state index in [1.165, 1.54) is 0 Å². The number of aliphatic carboxylic acids is 2. The van der Waals surface area contributed by atoms with Crippen LogP contribution in [0.1, 0.15) is 10.7 Å². The minimum absolute atomic E-state index is 0. The second-order valence-corrected chi connectivity index (χ2v) is 2.55. The van der Waals surface area contributed by atoms with Gasteiger partial charge >= 0.3 is 113 Å². The van der Waals surface area contributed by atoms with Gasteiger partial charge in [-0.25, -0.2) is 14.4 Å². The largest absolute Gasteiger partial charge is 1.00 e. The van der Waals surface area contributed by atoms with E-state index in [0.29, 0.717) is 12.2 Å². The fourth-order valence-corrected chi connectivity index (χ4v) is 0.571. The Balaban J connectivity index is -0.0000000750. The quantitative estimate of drug-likeness (QED) is 0.224. The fourth-order valence-electron chi connectivity index (χ4n) is 0.571. The van der Waals surface area contributed by atoms with Crippen molar-refractivity contribution in [1.82, 2.24) is 0 Å². The number of carbonyl (C=O) groups excluding carboxylic acids is 2. The molecule has 0 rings (SSSR count). The first-order chi connectivity index (χ1) is 7.32. The second-order valence-electron chi connectivity index (χ2n) is 2.55. The molecule has 0 aliphatic carbocycles. The van der Waals surface area contributed by atoms with E-state index < -0.39 is 35.9 Å². The van der Waals surface area contributed by atoms with E-state index in [1.54, 1.807) is 0 Å². The molecule has 10 heteroatoms. The van der Waals surface area contributed by atoms with E-state index in [1.807, 2.05) is 0 Å². The number of ether oxygens (including phenoxy) is 1. The van der Waals surface area contributed by atoms with E-state index in [9.17, 15) is 19.2 Å². The van der Waals surface area contributed by atoms with E-state index >= 15 is 0 Å². The third kappa shape index (κ3) is 16.5. The first-order valence-electron chi connectivity index (χ1n) is 3.89. The average Bonchev–Trinajstić information content (AvgIpc) is 2.14. The second kappa shape index (κ2) is 15.0. The number of carboxylic acid groups (broad SMARTS) is 2. The molecule has 92 valence electrons. The van der Waals surface area contributed by atoms with E-state index in [0.717, 1.165) is 0 Å². The Morgan fingerprint density at radius 2 is 1.53 bits per heavy atom. The zero-order valence-electron chi connectivity index (χ0n) is 14.0. The molecule has 0 aromatic carbocycles. The van der Waals surface area contributed by atoms with Crippen molar-refractivity contribution in [2.75, 3.05) is 0 Å². The third-order valence-electron chi connectivity index (χ3n) is 1.24. The molecule has 0 bridgehead atoms. The van der Waals surface area contributed by atoms with Gasteiger partial charge in [0.15, 0.2) is 0 Å². The fraction of sp³-hybridized carbons (Fsp3) is 0.111. The SMILES string of the molecule is C=C(CC(=O)OC(=O)/C=C\C(=O)O)C(=O)O.[H-].[H-].[H-].[Na+].[Na+].[Na+]. The van der Waals surface area contributed by atoms with Crippen molar-refractivity contribution in [1.29, 1.82) is 0 Å². The van der Waals surface area contributed by atoms with Crippen LogP contribution in [-0.4, -0.2) is 34.1 Å². The molecule has 0 heterocycles. The molecule has 0 aromatic rings. The number of esters is 2. The van der Waals surface area contributed by atoms with Crippen LogP contribution in [0.25, 0.3) is 0 Å². The van der Waals surface area contributed by atoms with Crippen molar-refractivity contribution in [3.63, 3.8) is 0 Å². The van der Waals surface area contributed by atoms with Gasteiger partial charge in [-0.3, -0.25) is 4.79 Å². The van der Waals surface area contributed by atoms with Gasteiger partial charge in [0.2, 0.25) is 0 Å². The van der Waals surface area contributed by atoms with Crippen molar-refractivity contribution >= 4 is 23.9 Å². The van der Waals surface area contributed by atoms with Crippen LogP contribution in [0.5, 0.6) is 0 Å². The summed E-state index contributed by atoms with van der Waals surface area (Å²) in [5.41, 5.74) is -0.431. The Kier molecular flexibility index (Phi) is 21.9. The van der Waals surface area contributed by atoms with E-state index in [2.05, 4.69) is 11.3 Å². The number of carbonyl (C=O) groups is 4. The van der Waals surface area contributed by atoms with Crippen molar-refractivity contribution in [2.45, 2.75) is 6.42 Å². The molecule has 0 aromatic heterocycles. The van der Waals surface area contributed by atoms with Crippen molar-refractivity contribution < 1.29 is 127 Å². The number of rotatable bonds is 5. The maximum Gasteiger partial charge on any atom is 1.00 e. The molecule has 0 aliphatic heterocycles. The van der Waals surface area contributed by atoms with Crippen LogP contribution in [0.15, 0.2) is 24.3 Å². The van der Waals surface area contributed by atoms with Gasteiger partial charge in [0.25, 0.3) is 0 Å². The molecule has 0 radical (unpaired) electrons. The maximum atomic E-state index is 10.9. The molecule has 0 unspecified atom stereocenters. The van der Waals surface area contributed by atoms with Gasteiger partial charge in [0, 0.05) is 17.7 Å². The molecule has 0 saturated carbocycles. The Hall–Kier alpha value is 0.560. The first kappa shape index (κ1) is 27.8. The number of carboxylic acids is 2. The first-order valence-corrected chi connectivity index (χ1v) is 3.89. The predicted octanol–water partition coefficient (Wildman–Crippen LogP) is -8.92. The summed E-state index contributed by atoms with van der Waals surface area (Å²) in [4.78, 5) is 41.8. The predicted molar refractivity (Wildman–Crippen MR) is 52.6 cm³/mol. The van der Waals surface area contributed by atoms with Crippen LogP contribution in [0.2, 0.25) is 0 Å². The summed E-state index contributed by atoms with van der Waals surface area (Å²) in [6.45, 7) is 3.05. The summed E-state index contributed by atoms with van der Waals surface area (Å²) in [5, 5.41) is 16.5. The zero-order chi connectivity index (χ0) is 12.7. The van der Waals surface area contributed by atoms with E-state index in [4.69, 9.17) is 10.2 Å². The Bertz CT molecular complexity index is 402. The molecular weight excluding hydrogens is 289 g/mol. The average molecular weight is 300 g/mol. The van der Waals surface area contributed by atoms with Crippen LogP contribution in [0.3, 0.4) is 0 Å². The summed E-state index contributed by atoms with van der Waals surface area (Å²) < 4.78 is 4.07. The monoisotopic (exact) mass is 300 g/mol. The van der Waals surface area contributed by atoms with Gasteiger partial charge in [0.1, 0.15) is 0 Å². The molecule has 2 N–H and O–H groups in total. The minimum Gasteiger partial charge on any atom is -1.00 e. The molecule has 0 saturated heterocycles. The standard InChI is InChI=1S/C9H8O7.3Na.3H/c1-5(9(14)15)4-8(13)16-7(12)3-2-6(10)11;;;;;;/h2-3H,1,4H2,(H,10,11)(H,14,15);;;;;;/q;3*+1;3*-1/b3-2-;;;;;;. The number of hydrogen-bond donors (Lipinski definition) is 2. The summed E-state index contributed by atoms with van der Waals surface area (Å²) in [6, 6.07) is 0. The van der Waals surface area contributed by atoms with Gasteiger partial charge < -0.3 is 19.2 Å². The van der Waals surface area contributed by atoms with Gasteiger partial charge in [-0.15, -0.1) is 0 Å². The maximum absolute atomic E-state index is 10.9. The Labute approximate surface area is 179 Å². The van der Waals surface area contributed by atoms with Crippen LogP contribution >= 0.6 is 0 Å². The van der Waals surface area contributed by atoms with Gasteiger partial charge in [-0.05, 0) is 0 Å². The van der Waals surface area contributed by atoms with E-state index in [-0.39, 0.29) is 93.0 Å². The van der Waals surface area contributed by atoms with Crippen LogP contribution < -0.4 is 88.7 Å². The van der Waals surface area contributed by atoms with Crippen molar-refractivity contribution in [2.24, 2.45) is 0 Å². The molecule has 7 nitrogen and oxygen atoms in total. The number of hydrogen-bond acceptors (Lipinski definition) is 5. The molecule has 0 spiro atoms. The smallest absolute Gasteiger partial charge is 1.00 e. The van der Waals surface area contributed by atoms with Gasteiger partial charge in [0.05, 0.1) is 6.42 Å². The summed E-state index contributed by atoms with van der Waals surface area (Å²) in [7, 11) is 0. The van der Waals surface area contributed by atoms with Crippen molar-refractivity contribution in [3.05, 3.63) is 24.3 Å². The molecule has 0 aliphatic rings. The Morgan fingerprint density at radius 3 is 1.89 bits per heavy atom. The van der Waals surface area contributed by atoms with Gasteiger partial charge in [-0.1, -0.05) is 6.58 Å². The Morgan fingerprint density at radius 1 is 1.05 bits per heavy atom. The molecule has 19 heavy (non-hydrogen) atoms. The third-order valence-corrected chi connectivity index (χ3v) is 1.24. The van der Waals surface area contributed by atoms with Crippen molar-refractivity contribution in [3.8, 4) is 0 Å². The van der Waals surface area contributed by atoms with Crippen LogP contribution in [0.4, 0.5) is 0 Å². The van der Waals surface area contributed by atoms with Gasteiger partial charge in [-0.2, -0.15) is 0 Å². The molecule has 0 fully saturated rings. The topological polar surface area (TPSA) is 118 Å². The molecule has 0 amide bonds. The summed E-state index contributed by atoms with van der Waals surface area (Å²) in [6.07, 6.45) is 0.368. The van der Waals surface area contributed by atoms with Crippen LogP contribution in [0, 0.1) is 0 Å². The minimum atomic E-state index is -1.38. The zero-order valence-corrected chi connectivity index (χ0v) is 17.0. The van der Waals surface area contributed by atoms with Crippen LogP contribution in [-0.2, 0) is 23.9 Å². The molecule has 0 atom stereocenters. The summed E-state index contributed by atoms with van der Waals surface area (Å²) >= 11 is 0. The normalized spacial score (nSPS) is 8.21.